The SMILES string of the molecule is O=C(O)CC(c1cccc([N+](=O)[O-])c1)N1C(=O)c2ccccc2C1=O. The number of nitrogens with zero attached hydrogens (tertiary/aromatic N) is 2. The zero-order chi connectivity index (χ0) is 18.1. The number of benzene rings is 2. The summed E-state index contributed by atoms with van der Waals surface area (Å²) in [6.07, 6.45) is -0.549. The second-order valence-electron chi connectivity index (χ2n) is 5.49. The topological polar surface area (TPSA) is 118 Å². The number of aliphatic carboxylic acids is 1. The third kappa shape index (κ3) is 2.85. The first-order valence-corrected chi connectivity index (χ1v) is 7.33. The lowest BCUT2D eigenvalue weighted by Gasteiger charge is -2.25. The summed E-state index contributed by atoms with van der Waals surface area (Å²) in [5.41, 5.74) is 0.345. The van der Waals surface area contributed by atoms with Crippen LogP contribution >= 0.6 is 0 Å². The van der Waals surface area contributed by atoms with Crippen molar-refractivity contribution in [3.63, 3.8) is 0 Å². The molecule has 8 nitrogen and oxygen atoms in total. The van der Waals surface area contributed by atoms with Crippen molar-refractivity contribution in [2.24, 2.45) is 0 Å². The molecule has 1 N–H and O–H groups in total. The van der Waals surface area contributed by atoms with Crippen LogP contribution in [0.4, 0.5) is 5.69 Å². The number of carbonyl (C=O) groups excluding carboxylic acids is 2. The van der Waals surface area contributed by atoms with Gasteiger partial charge in [-0.25, -0.2) is 0 Å². The molecular formula is C17H12N2O6. The summed E-state index contributed by atoms with van der Waals surface area (Å²) in [4.78, 5) is 47.7. The lowest BCUT2D eigenvalue weighted by atomic mass is 10.0. The maximum absolute atomic E-state index is 12.6. The van der Waals surface area contributed by atoms with Gasteiger partial charge in [-0.15, -0.1) is 0 Å². The fourth-order valence-electron chi connectivity index (χ4n) is 2.86. The molecule has 0 aromatic heterocycles. The number of non-ortho nitro benzene ring substituents is 1. The number of carbonyl (C=O) groups is 3. The maximum atomic E-state index is 12.6. The van der Waals surface area contributed by atoms with Gasteiger partial charge in [-0.05, 0) is 17.7 Å². The number of hydrogen-bond acceptors (Lipinski definition) is 5. The molecule has 0 radical (unpaired) electrons. The Kier molecular flexibility index (Phi) is 4.02. The summed E-state index contributed by atoms with van der Waals surface area (Å²) >= 11 is 0. The van der Waals surface area contributed by atoms with Crippen molar-refractivity contribution in [3.8, 4) is 0 Å². The minimum absolute atomic E-state index is 0.188. The zero-order valence-electron chi connectivity index (χ0n) is 12.8. The van der Waals surface area contributed by atoms with E-state index in [0.717, 1.165) is 4.90 Å². The van der Waals surface area contributed by atoms with E-state index in [1.807, 2.05) is 0 Å². The molecule has 0 fully saturated rings. The summed E-state index contributed by atoms with van der Waals surface area (Å²) in [6, 6.07) is 10.3. The molecular weight excluding hydrogens is 328 g/mol. The predicted octanol–water partition coefficient (Wildman–Crippen LogP) is 2.41. The van der Waals surface area contributed by atoms with E-state index in [0.29, 0.717) is 0 Å². The largest absolute Gasteiger partial charge is 0.481 e. The quantitative estimate of drug-likeness (QED) is 0.507. The smallest absolute Gasteiger partial charge is 0.305 e. The number of fused-ring (bicyclic) bond motifs is 1. The van der Waals surface area contributed by atoms with Crippen LogP contribution in [0.1, 0.15) is 38.7 Å². The summed E-state index contributed by atoms with van der Waals surface area (Å²) in [6.45, 7) is 0. The van der Waals surface area contributed by atoms with Gasteiger partial charge in [0.25, 0.3) is 17.5 Å². The minimum atomic E-state index is -1.23. The highest BCUT2D eigenvalue weighted by Crippen LogP contribution is 2.34. The molecule has 0 bridgehead atoms. The molecule has 1 atom stereocenters. The van der Waals surface area contributed by atoms with Crippen LogP contribution in [0.25, 0.3) is 0 Å². The molecule has 126 valence electrons. The molecule has 1 heterocycles. The minimum Gasteiger partial charge on any atom is -0.481 e. The molecule has 0 aliphatic carbocycles. The lowest BCUT2D eigenvalue weighted by Crippen LogP contribution is -2.35. The number of carboxylic acids is 1. The zero-order valence-corrected chi connectivity index (χ0v) is 12.8. The molecule has 1 unspecified atom stereocenters. The van der Waals surface area contributed by atoms with E-state index in [1.165, 1.54) is 36.4 Å². The van der Waals surface area contributed by atoms with Crippen LogP contribution in [-0.4, -0.2) is 32.7 Å². The summed E-state index contributed by atoms with van der Waals surface area (Å²) in [7, 11) is 0. The van der Waals surface area contributed by atoms with Crippen LogP contribution in [0.2, 0.25) is 0 Å². The number of carboxylic acid groups (broad SMARTS) is 1. The second-order valence-corrected chi connectivity index (χ2v) is 5.49. The fourth-order valence-corrected chi connectivity index (χ4v) is 2.86. The van der Waals surface area contributed by atoms with Gasteiger partial charge in [-0.2, -0.15) is 0 Å². The molecule has 3 rings (SSSR count). The first-order chi connectivity index (χ1) is 11.9. The predicted molar refractivity (Wildman–Crippen MR) is 85.0 cm³/mol. The normalized spacial score (nSPS) is 14.3. The Bertz CT molecular complexity index is 873. The molecule has 1 aliphatic rings. The Morgan fingerprint density at radius 1 is 1.08 bits per heavy atom. The van der Waals surface area contributed by atoms with Crippen molar-refractivity contribution in [1.82, 2.24) is 4.90 Å². The van der Waals surface area contributed by atoms with E-state index in [4.69, 9.17) is 0 Å². The van der Waals surface area contributed by atoms with Gasteiger partial charge < -0.3 is 5.11 Å². The van der Waals surface area contributed by atoms with Crippen LogP contribution in [-0.2, 0) is 4.79 Å². The van der Waals surface area contributed by atoms with Gasteiger partial charge in [-0.1, -0.05) is 24.3 Å². The van der Waals surface area contributed by atoms with Crippen molar-refractivity contribution in [2.45, 2.75) is 12.5 Å². The van der Waals surface area contributed by atoms with Crippen LogP contribution < -0.4 is 0 Å². The molecule has 2 aromatic carbocycles. The molecule has 1 aliphatic heterocycles. The third-order valence-electron chi connectivity index (χ3n) is 3.97. The first-order valence-electron chi connectivity index (χ1n) is 7.33. The number of nitro groups is 1. The standard InChI is InChI=1S/C17H12N2O6/c20-15(21)9-14(10-4-3-5-11(8-10)19(24)25)18-16(22)12-6-1-2-7-13(12)17(18)23/h1-8,14H,9H2,(H,20,21). The molecule has 0 saturated carbocycles. The molecule has 2 amide bonds. The van der Waals surface area contributed by atoms with Gasteiger partial charge >= 0.3 is 5.97 Å². The average molecular weight is 340 g/mol. The van der Waals surface area contributed by atoms with Crippen molar-refractivity contribution >= 4 is 23.5 Å². The molecule has 0 saturated heterocycles. The Morgan fingerprint density at radius 2 is 1.68 bits per heavy atom. The van der Waals surface area contributed by atoms with Gasteiger partial charge in [0.2, 0.25) is 0 Å². The van der Waals surface area contributed by atoms with E-state index in [2.05, 4.69) is 0 Å². The third-order valence-corrected chi connectivity index (χ3v) is 3.97. The molecule has 2 aromatic rings. The van der Waals surface area contributed by atoms with E-state index < -0.39 is 35.2 Å². The fraction of sp³-hybridized carbons (Fsp3) is 0.118. The Labute approximate surface area is 141 Å². The van der Waals surface area contributed by atoms with E-state index in [1.54, 1.807) is 12.1 Å². The van der Waals surface area contributed by atoms with Crippen LogP contribution in [0.5, 0.6) is 0 Å². The van der Waals surface area contributed by atoms with Crippen molar-refractivity contribution in [1.29, 1.82) is 0 Å². The Balaban J connectivity index is 2.07. The van der Waals surface area contributed by atoms with Crippen LogP contribution in [0.15, 0.2) is 48.5 Å². The first kappa shape index (κ1) is 16.3. The van der Waals surface area contributed by atoms with Crippen LogP contribution in [0, 0.1) is 10.1 Å². The number of rotatable bonds is 5. The summed E-state index contributed by atoms with van der Waals surface area (Å²) in [5, 5.41) is 20.2. The number of amides is 2. The highest BCUT2D eigenvalue weighted by Gasteiger charge is 2.41. The number of imide groups is 1. The molecule has 25 heavy (non-hydrogen) atoms. The highest BCUT2D eigenvalue weighted by molar-refractivity contribution is 6.21. The monoisotopic (exact) mass is 340 g/mol. The van der Waals surface area contributed by atoms with Gasteiger partial charge in [0.1, 0.15) is 0 Å². The highest BCUT2D eigenvalue weighted by atomic mass is 16.6. The van der Waals surface area contributed by atoms with Crippen molar-refractivity contribution < 1.29 is 24.4 Å². The van der Waals surface area contributed by atoms with Crippen LogP contribution in [0.3, 0.4) is 0 Å². The number of nitro benzene ring substituents is 1. The van der Waals surface area contributed by atoms with E-state index in [9.17, 15) is 29.6 Å². The lowest BCUT2D eigenvalue weighted by molar-refractivity contribution is -0.385. The summed E-state index contributed by atoms with van der Waals surface area (Å²) in [5.74, 6) is -2.45. The van der Waals surface area contributed by atoms with Gasteiger partial charge in [0, 0.05) is 12.1 Å². The van der Waals surface area contributed by atoms with Crippen molar-refractivity contribution in [3.05, 3.63) is 75.3 Å². The Hall–Kier alpha value is -3.55. The van der Waals surface area contributed by atoms with Crippen molar-refractivity contribution in [2.75, 3.05) is 0 Å². The van der Waals surface area contributed by atoms with Gasteiger partial charge in [-0.3, -0.25) is 29.4 Å². The molecule has 8 heteroatoms. The molecule has 0 spiro atoms. The van der Waals surface area contributed by atoms with E-state index in [-0.39, 0.29) is 22.4 Å². The number of hydrogen-bond donors (Lipinski definition) is 1. The summed E-state index contributed by atoms with van der Waals surface area (Å²) < 4.78 is 0. The Morgan fingerprint density at radius 3 is 2.20 bits per heavy atom. The van der Waals surface area contributed by atoms with Gasteiger partial charge in [0.05, 0.1) is 28.5 Å². The second kappa shape index (κ2) is 6.16. The van der Waals surface area contributed by atoms with Gasteiger partial charge in [0.15, 0.2) is 0 Å². The average Bonchev–Trinajstić information content (AvgIpc) is 2.84. The maximum Gasteiger partial charge on any atom is 0.305 e. The van der Waals surface area contributed by atoms with E-state index >= 15 is 0 Å².